The number of rotatable bonds is 5. The summed E-state index contributed by atoms with van der Waals surface area (Å²) in [5, 5.41) is 9.72. The SMILES string of the molecule is Cc1nnc(-c2c(S(=O)(=O)NCc3cccs3)c(C)n(C)c2C)o1. The predicted octanol–water partition coefficient (Wildman–Crippen LogP) is 2.54. The Hall–Kier alpha value is -1.97. The largest absolute Gasteiger partial charge is 0.421 e. The van der Waals surface area contributed by atoms with Crippen molar-refractivity contribution in [2.75, 3.05) is 0 Å². The molecule has 128 valence electrons. The van der Waals surface area contributed by atoms with Gasteiger partial charge >= 0.3 is 0 Å². The van der Waals surface area contributed by atoms with E-state index in [-0.39, 0.29) is 17.3 Å². The van der Waals surface area contributed by atoms with Crippen molar-refractivity contribution < 1.29 is 12.8 Å². The first kappa shape index (κ1) is 16.9. The Morgan fingerprint density at radius 2 is 2.00 bits per heavy atom. The Labute approximate surface area is 144 Å². The first-order valence-corrected chi connectivity index (χ1v) is 9.66. The maximum atomic E-state index is 12.9. The van der Waals surface area contributed by atoms with Crippen LogP contribution in [-0.4, -0.2) is 23.2 Å². The number of nitrogens with zero attached hydrogens (tertiary/aromatic N) is 3. The molecular weight excluding hydrogens is 348 g/mol. The molecule has 0 unspecified atom stereocenters. The minimum absolute atomic E-state index is 0.183. The van der Waals surface area contributed by atoms with E-state index in [0.29, 0.717) is 17.1 Å². The van der Waals surface area contributed by atoms with E-state index in [0.717, 1.165) is 10.6 Å². The molecule has 3 aromatic heterocycles. The van der Waals surface area contributed by atoms with Crippen molar-refractivity contribution in [1.82, 2.24) is 19.5 Å². The fourth-order valence-corrected chi connectivity index (χ4v) is 4.80. The van der Waals surface area contributed by atoms with Crippen LogP contribution in [0.15, 0.2) is 26.8 Å². The molecule has 24 heavy (non-hydrogen) atoms. The quantitative estimate of drug-likeness (QED) is 0.749. The van der Waals surface area contributed by atoms with Crippen molar-refractivity contribution in [2.45, 2.75) is 32.2 Å². The number of sulfonamides is 1. The van der Waals surface area contributed by atoms with Crippen molar-refractivity contribution in [2.24, 2.45) is 7.05 Å². The lowest BCUT2D eigenvalue weighted by molar-refractivity contribution is 0.530. The van der Waals surface area contributed by atoms with E-state index in [4.69, 9.17) is 4.42 Å². The van der Waals surface area contributed by atoms with Gasteiger partial charge in [0.25, 0.3) is 5.89 Å². The van der Waals surface area contributed by atoms with E-state index in [9.17, 15) is 8.42 Å². The third-order valence-corrected chi connectivity index (χ3v) is 6.39. The Kier molecular flexibility index (Phi) is 4.33. The highest BCUT2D eigenvalue weighted by Gasteiger charge is 2.30. The van der Waals surface area contributed by atoms with Gasteiger partial charge in [-0.2, -0.15) is 0 Å². The van der Waals surface area contributed by atoms with Gasteiger partial charge in [-0.1, -0.05) is 6.07 Å². The fraction of sp³-hybridized carbons (Fsp3) is 0.333. The maximum Gasteiger partial charge on any atom is 0.250 e. The lowest BCUT2D eigenvalue weighted by atomic mass is 10.2. The van der Waals surface area contributed by atoms with Gasteiger partial charge < -0.3 is 8.98 Å². The van der Waals surface area contributed by atoms with Gasteiger partial charge in [-0.25, -0.2) is 13.1 Å². The van der Waals surface area contributed by atoms with E-state index < -0.39 is 10.0 Å². The van der Waals surface area contributed by atoms with Crippen LogP contribution in [0, 0.1) is 20.8 Å². The first-order valence-electron chi connectivity index (χ1n) is 7.29. The lowest BCUT2D eigenvalue weighted by Gasteiger charge is -2.07. The molecule has 7 nitrogen and oxygen atoms in total. The van der Waals surface area contributed by atoms with Crippen molar-refractivity contribution >= 4 is 21.4 Å². The highest BCUT2D eigenvalue weighted by atomic mass is 32.2. The molecule has 3 aromatic rings. The van der Waals surface area contributed by atoms with Crippen LogP contribution in [0.3, 0.4) is 0 Å². The molecule has 0 aliphatic carbocycles. The zero-order chi connectivity index (χ0) is 17.5. The summed E-state index contributed by atoms with van der Waals surface area (Å²) in [6.45, 7) is 5.51. The summed E-state index contributed by atoms with van der Waals surface area (Å²) < 4.78 is 35.8. The molecule has 0 radical (unpaired) electrons. The molecule has 0 saturated heterocycles. The van der Waals surface area contributed by atoms with Gasteiger partial charge in [-0.3, -0.25) is 0 Å². The maximum absolute atomic E-state index is 12.9. The topological polar surface area (TPSA) is 90.0 Å². The minimum Gasteiger partial charge on any atom is -0.421 e. The zero-order valence-corrected chi connectivity index (χ0v) is 15.5. The van der Waals surface area contributed by atoms with E-state index >= 15 is 0 Å². The summed E-state index contributed by atoms with van der Waals surface area (Å²) in [4.78, 5) is 1.13. The average Bonchev–Trinajstić information content (AvgIpc) is 3.23. The smallest absolute Gasteiger partial charge is 0.250 e. The van der Waals surface area contributed by atoms with Crippen molar-refractivity contribution in [1.29, 1.82) is 0 Å². The number of thiophene rings is 1. The molecule has 3 rings (SSSR count). The Bertz CT molecular complexity index is 969. The van der Waals surface area contributed by atoms with Gasteiger partial charge in [0.1, 0.15) is 4.90 Å². The molecule has 0 spiro atoms. The first-order chi connectivity index (χ1) is 11.3. The summed E-state index contributed by atoms with van der Waals surface area (Å²) in [7, 11) is -1.92. The molecule has 0 saturated carbocycles. The van der Waals surface area contributed by atoms with Crippen molar-refractivity contribution in [3.05, 3.63) is 39.7 Å². The number of hydrogen-bond donors (Lipinski definition) is 1. The number of aromatic nitrogens is 3. The third-order valence-electron chi connectivity index (χ3n) is 3.95. The molecule has 0 aromatic carbocycles. The van der Waals surface area contributed by atoms with Gasteiger partial charge in [0, 0.05) is 36.8 Å². The van der Waals surface area contributed by atoms with Gasteiger partial charge in [-0.05, 0) is 25.3 Å². The second-order valence-electron chi connectivity index (χ2n) is 5.46. The standard InChI is InChI=1S/C15H18N4O3S2/c1-9-13(15-18-17-11(3)22-15)14(10(2)19(9)4)24(20,21)16-8-12-6-5-7-23-12/h5-7,16H,8H2,1-4H3. The fourth-order valence-electron chi connectivity index (χ4n) is 2.55. The highest BCUT2D eigenvalue weighted by molar-refractivity contribution is 7.89. The van der Waals surface area contributed by atoms with Crippen molar-refractivity contribution in [3.8, 4) is 11.5 Å². The van der Waals surface area contributed by atoms with Gasteiger partial charge in [-0.15, -0.1) is 21.5 Å². The normalized spacial score (nSPS) is 12.0. The summed E-state index contributed by atoms with van der Waals surface area (Å²) in [5.41, 5.74) is 1.83. The average molecular weight is 366 g/mol. The lowest BCUT2D eigenvalue weighted by Crippen LogP contribution is -2.24. The molecule has 0 aliphatic heterocycles. The Morgan fingerprint density at radius 1 is 1.25 bits per heavy atom. The van der Waals surface area contributed by atoms with Crippen LogP contribution in [0.5, 0.6) is 0 Å². The second-order valence-corrected chi connectivity index (χ2v) is 8.20. The number of nitrogens with one attached hydrogen (secondary N) is 1. The molecule has 0 atom stereocenters. The monoisotopic (exact) mass is 366 g/mol. The van der Waals surface area contributed by atoms with E-state index in [1.165, 1.54) is 11.3 Å². The van der Waals surface area contributed by atoms with Gasteiger partial charge in [0.15, 0.2) is 0 Å². The minimum atomic E-state index is -3.73. The summed E-state index contributed by atoms with van der Waals surface area (Å²) in [6.07, 6.45) is 0. The molecule has 0 bridgehead atoms. The Morgan fingerprint density at radius 3 is 2.58 bits per heavy atom. The van der Waals surface area contributed by atoms with Crippen molar-refractivity contribution in [3.63, 3.8) is 0 Å². The van der Waals surface area contributed by atoms with E-state index in [1.54, 1.807) is 13.8 Å². The van der Waals surface area contributed by atoms with Crippen LogP contribution in [0.4, 0.5) is 0 Å². The summed E-state index contributed by atoms with van der Waals surface area (Å²) in [6, 6.07) is 3.78. The Balaban J connectivity index is 2.07. The van der Waals surface area contributed by atoms with Crippen LogP contribution < -0.4 is 4.72 Å². The van der Waals surface area contributed by atoms with Crippen LogP contribution in [0.2, 0.25) is 0 Å². The number of hydrogen-bond acceptors (Lipinski definition) is 6. The summed E-state index contributed by atoms with van der Waals surface area (Å²) in [5.74, 6) is 0.603. The van der Waals surface area contributed by atoms with Crippen LogP contribution in [0.25, 0.3) is 11.5 Å². The molecule has 0 fully saturated rings. The molecule has 9 heteroatoms. The molecule has 0 aliphatic rings. The molecular formula is C15H18N4O3S2. The van der Waals surface area contributed by atoms with Gasteiger partial charge in [0.2, 0.25) is 15.9 Å². The third kappa shape index (κ3) is 2.90. The van der Waals surface area contributed by atoms with Crippen LogP contribution >= 0.6 is 11.3 Å². The number of aryl methyl sites for hydroxylation is 1. The molecule has 3 heterocycles. The predicted molar refractivity (Wildman–Crippen MR) is 91.3 cm³/mol. The van der Waals surface area contributed by atoms with Crippen LogP contribution in [-0.2, 0) is 23.6 Å². The molecule has 0 amide bonds. The highest BCUT2D eigenvalue weighted by Crippen LogP contribution is 2.34. The second kappa shape index (κ2) is 6.15. The van der Waals surface area contributed by atoms with E-state index in [1.807, 2.05) is 36.1 Å². The van der Waals surface area contributed by atoms with E-state index in [2.05, 4.69) is 14.9 Å². The van der Waals surface area contributed by atoms with Crippen LogP contribution in [0.1, 0.15) is 22.2 Å². The summed E-state index contributed by atoms with van der Waals surface area (Å²) >= 11 is 1.50. The van der Waals surface area contributed by atoms with Gasteiger partial charge in [0.05, 0.1) is 5.56 Å². The zero-order valence-electron chi connectivity index (χ0n) is 13.8. The molecule has 1 N–H and O–H groups in total.